The molecule has 0 saturated carbocycles. The molecule has 2 heterocycles. The number of esters is 1. The molecule has 4 rings (SSSR count). The minimum absolute atomic E-state index is 0.0118. The van der Waals surface area contributed by atoms with E-state index in [1.54, 1.807) is 37.4 Å². The molecule has 168 valence electrons. The van der Waals surface area contributed by atoms with Gasteiger partial charge in [-0.1, -0.05) is 67.6 Å². The zero-order valence-electron chi connectivity index (χ0n) is 18.4. The maximum absolute atomic E-state index is 13.3. The van der Waals surface area contributed by atoms with Crippen LogP contribution >= 0.6 is 0 Å². The van der Waals surface area contributed by atoms with E-state index in [4.69, 9.17) is 4.74 Å². The van der Waals surface area contributed by atoms with Gasteiger partial charge in [-0.25, -0.2) is 4.79 Å². The topological polar surface area (TPSA) is 90.5 Å². The molecule has 0 aliphatic rings. The third-order valence-corrected chi connectivity index (χ3v) is 5.69. The number of ketones is 1. The number of nitrogens with zero attached hydrogens (tertiary/aromatic N) is 2. The van der Waals surface area contributed by atoms with E-state index in [0.29, 0.717) is 23.2 Å². The number of pyridine rings is 1. The summed E-state index contributed by atoms with van der Waals surface area (Å²) in [6.07, 6.45) is 0.493. The summed E-state index contributed by atoms with van der Waals surface area (Å²) in [5.74, 6) is -1.40. The molecule has 33 heavy (non-hydrogen) atoms. The fourth-order valence-electron chi connectivity index (χ4n) is 3.92. The van der Waals surface area contributed by atoms with Crippen LogP contribution in [0.1, 0.15) is 39.0 Å². The maximum Gasteiger partial charge on any atom is 0.359 e. The molecule has 7 heteroatoms. The van der Waals surface area contributed by atoms with Gasteiger partial charge in [0.05, 0.1) is 12.1 Å². The van der Waals surface area contributed by atoms with Gasteiger partial charge in [-0.3, -0.25) is 9.59 Å². The van der Waals surface area contributed by atoms with E-state index >= 15 is 0 Å². The highest BCUT2D eigenvalue weighted by Crippen LogP contribution is 2.30. The monoisotopic (exact) mass is 444 g/mol. The Morgan fingerprint density at radius 3 is 2.27 bits per heavy atom. The van der Waals surface area contributed by atoms with Crippen molar-refractivity contribution in [2.45, 2.75) is 26.5 Å². The van der Waals surface area contributed by atoms with Crippen LogP contribution in [0.4, 0.5) is 0 Å². The van der Waals surface area contributed by atoms with Gasteiger partial charge in [0.1, 0.15) is 12.0 Å². The lowest BCUT2D eigenvalue weighted by Crippen LogP contribution is -2.27. The van der Waals surface area contributed by atoms with Gasteiger partial charge in [0.2, 0.25) is 0 Å². The van der Waals surface area contributed by atoms with E-state index < -0.39 is 17.3 Å². The van der Waals surface area contributed by atoms with Crippen molar-refractivity contribution in [3.05, 3.63) is 99.6 Å². The number of carbonyl (C=O) groups excluding carboxylic acids is 2. The van der Waals surface area contributed by atoms with Gasteiger partial charge in [-0.15, -0.1) is 0 Å². The van der Waals surface area contributed by atoms with E-state index in [2.05, 4.69) is 0 Å². The third kappa shape index (κ3) is 4.17. The standard InChI is InChI=1S/C26H24N2O5/c1-3-19-14-20-22(25(31)28(19)15-21(29)18-12-8-5-9-13-18)24(30)23(27(20)2)26(32)33-16-17-10-6-4-7-11-17/h4-14,30H,3,15-16H2,1-2H3. The Kier molecular flexibility index (Phi) is 6.13. The summed E-state index contributed by atoms with van der Waals surface area (Å²) in [4.78, 5) is 38.9. The number of aryl methyl sites for hydroxylation is 2. The number of aromatic hydroxyl groups is 1. The zero-order valence-corrected chi connectivity index (χ0v) is 18.4. The summed E-state index contributed by atoms with van der Waals surface area (Å²) in [7, 11) is 1.60. The molecule has 7 nitrogen and oxygen atoms in total. The average Bonchev–Trinajstić information content (AvgIpc) is 3.09. The first-order valence-electron chi connectivity index (χ1n) is 10.7. The first-order valence-corrected chi connectivity index (χ1v) is 10.7. The molecule has 0 unspecified atom stereocenters. The second-order valence-electron chi connectivity index (χ2n) is 7.75. The molecule has 0 aliphatic carbocycles. The van der Waals surface area contributed by atoms with Crippen molar-refractivity contribution in [1.29, 1.82) is 0 Å². The van der Waals surface area contributed by atoms with Gasteiger partial charge in [0.25, 0.3) is 5.56 Å². The van der Waals surface area contributed by atoms with Crippen LogP contribution in [0.15, 0.2) is 71.5 Å². The molecule has 0 bridgehead atoms. The molecular weight excluding hydrogens is 420 g/mol. The average molecular weight is 444 g/mol. The number of hydrogen-bond acceptors (Lipinski definition) is 5. The first kappa shape index (κ1) is 22.1. The Morgan fingerprint density at radius 2 is 1.64 bits per heavy atom. The summed E-state index contributed by atoms with van der Waals surface area (Å²) in [6, 6.07) is 19.6. The van der Waals surface area contributed by atoms with Gasteiger partial charge < -0.3 is 19.0 Å². The van der Waals surface area contributed by atoms with Crippen molar-refractivity contribution in [2.24, 2.45) is 7.05 Å². The summed E-state index contributed by atoms with van der Waals surface area (Å²) in [5, 5.41) is 10.8. The molecule has 4 aromatic rings. The molecule has 0 amide bonds. The predicted molar refractivity (Wildman–Crippen MR) is 125 cm³/mol. The number of fused-ring (bicyclic) bond motifs is 1. The van der Waals surface area contributed by atoms with Crippen molar-refractivity contribution in [1.82, 2.24) is 9.13 Å². The summed E-state index contributed by atoms with van der Waals surface area (Å²) in [6.45, 7) is 1.75. The van der Waals surface area contributed by atoms with Gasteiger partial charge >= 0.3 is 5.97 Å². The van der Waals surface area contributed by atoms with E-state index in [0.717, 1.165) is 5.56 Å². The largest absolute Gasteiger partial charge is 0.505 e. The van der Waals surface area contributed by atoms with E-state index in [9.17, 15) is 19.5 Å². The van der Waals surface area contributed by atoms with E-state index in [-0.39, 0.29) is 30.0 Å². The van der Waals surface area contributed by atoms with Gasteiger partial charge in [0.15, 0.2) is 17.2 Å². The SMILES string of the molecule is CCc1cc2c(c(O)c(C(=O)OCc3ccccc3)n2C)c(=O)n1CC(=O)c1ccccc1. The second kappa shape index (κ2) is 9.16. The van der Waals surface area contributed by atoms with E-state index in [1.165, 1.54) is 9.13 Å². The molecule has 2 aromatic heterocycles. The highest BCUT2D eigenvalue weighted by Gasteiger charge is 2.26. The smallest absolute Gasteiger partial charge is 0.359 e. The van der Waals surface area contributed by atoms with Gasteiger partial charge in [-0.05, 0) is 18.1 Å². The highest BCUT2D eigenvalue weighted by atomic mass is 16.5. The first-order chi connectivity index (χ1) is 15.9. The lowest BCUT2D eigenvalue weighted by molar-refractivity contribution is 0.0458. The number of aromatic nitrogens is 2. The summed E-state index contributed by atoms with van der Waals surface area (Å²) >= 11 is 0. The Balaban J connectivity index is 1.73. The molecule has 0 atom stereocenters. The lowest BCUT2D eigenvalue weighted by atomic mass is 10.1. The molecule has 0 fully saturated rings. The van der Waals surface area contributed by atoms with Crippen molar-refractivity contribution in [2.75, 3.05) is 0 Å². The van der Waals surface area contributed by atoms with Crippen LogP contribution < -0.4 is 5.56 Å². The Morgan fingerprint density at radius 1 is 1.00 bits per heavy atom. The Bertz CT molecular complexity index is 1390. The molecule has 2 aromatic carbocycles. The minimum atomic E-state index is -0.737. The van der Waals surface area contributed by atoms with Gasteiger partial charge in [0, 0.05) is 18.3 Å². The van der Waals surface area contributed by atoms with Crippen LogP contribution in [0, 0.1) is 0 Å². The number of Topliss-reactive ketones (excluding diaryl/α,β-unsaturated/α-hetero) is 1. The molecule has 0 radical (unpaired) electrons. The number of ether oxygens (including phenoxy) is 1. The summed E-state index contributed by atoms with van der Waals surface area (Å²) in [5.41, 5.74) is 1.70. The molecule has 0 spiro atoms. The van der Waals surface area contributed by atoms with Crippen LogP contribution in [0.3, 0.4) is 0 Å². The quantitative estimate of drug-likeness (QED) is 0.345. The second-order valence-corrected chi connectivity index (χ2v) is 7.75. The van der Waals surface area contributed by atoms with Crippen molar-refractivity contribution < 1.29 is 19.4 Å². The van der Waals surface area contributed by atoms with Crippen LogP contribution in [0.25, 0.3) is 10.9 Å². The lowest BCUT2D eigenvalue weighted by Gasteiger charge is -2.12. The van der Waals surface area contributed by atoms with Crippen molar-refractivity contribution in [3.63, 3.8) is 0 Å². The third-order valence-electron chi connectivity index (χ3n) is 5.69. The predicted octanol–water partition coefficient (Wildman–Crippen LogP) is 3.85. The van der Waals surface area contributed by atoms with Crippen molar-refractivity contribution >= 4 is 22.7 Å². The zero-order chi connectivity index (χ0) is 23.5. The molecule has 0 aliphatic heterocycles. The fraction of sp³-hybridized carbons (Fsp3) is 0.192. The van der Waals surface area contributed by atoms with Crippen molar-refractivity contribution in [3.8, 4) is 5.75 Å². The molecule has 1 N–H and O–H groups in total. The minimum Gasteiger partial charge on any atom is -0.505 e. The number of hydrogen-bond donors (Lipinski definition) is 1. The molecule has 0 saturated heterocycles. The number of benzene rings is 2. The fourth-order valence-corrected chi connectivity index (χ4v) is 3.92. The van der Waals surface area contributed by atoms with E-state index in [1.807, 2.05) is 43.3 Å². The number of carbonyl (C=O) groups is 2. The highest BCUT2D eigenvalue weighted by molar-refractivity contribution is 6.01. The van der Waals surface area contributed by atoms with Crippen LogP contribution in [0.2, 0.25) is 0 Å². The normalized spacial score (nSPS) is 11.0. The van der Waals surface area contributed by atoms with Crippen LogP contribution in [0.5, 0.6) is 5.75 Å². The molecular formula is C26H24N2O5. The summed E-state index contributed by atoms with van der Waals surface area (Å²) < 4.78 is 8.19. The number of rotatable bonds is 7. The Hall–Kier alpha value is -4.13. The van der Waals surface area contributed by atoms with Gasteiger partial charge in [-0.2, -0.15) is 0 Å². The van der Waals surface area contributed by atoms with Crippen LogP contribution in [-0.2, 0) is 31.4 Å². The van der Waals surface area contributed by atoms with Crippen LogP contribution in [-0.4, -0.2) is 26.0 Å². The Labute approximate surface area is 190 Å². The maximum atomic E-state index is 13.3.